The second-order valence-corrected chi connectivity index (χ2v) is 5.26. The molecule has 5 heteroatoms. The number of aromatic nitrogens is 1. The van der Waals surface area contributed by atoms with Crippen LogP contribution in [0, 0.1) is 23.0 Å². The largest absolute Gasteiger partial charge is 0.239 e. The smallest absolute Gasteiger partial charge is 0.135 e. The predicted molar refractivity (Wildman–Crippen MR) is 66.1 cm³/mol. The molecule has 0 saturated heterocycles. The van der Waals surface area contributed by atoms with E-state index in [4.69, 9.17) is 5.26 Å². The summed E-state index contributed by atoms with van der Waals surface area (Å²) in [5.41, 5.74) is -0.0390. The van der Waals surface area contributed by atoms with E-state index < -0.39 is 17.0 Å². The lowest BCUT2D eigenvalue weighted by Gasteiger charge is -2.10. The Balaban J connectivity index is 2.45. The van der Waals surface area contributed by atoms with Gasteiger partial charge in [0.25, 0.3) is 0 Å². The van der Waals surface area contributed by atoms with Crippen molar-refractivity contribution in [1.29, 1.82) is 5.26 Å². The predicted octanol–water partition coefficient (Wildman–Crippen LogP) is 3.89. The summed E-state index contributed by atoms with van der Waals surface area (Å²) in [7, 11) is 0. The normalized spacial score (nSPS) is 11.3. The van der Waals surface area contributed by atoms with Crippen molar-refractivity contribution in [3.05, 3.63) is 40.2 Å². The van der Waals surface area contributed by atoms with Crippen molar-refractivity contribution in [2.45, 2.75) is 19.3 Å². The Kier molecular flexibility index (Phi) is 3.14. The molecular weight excluding hydrogens is 254 g/mol. The standard InChI is InChI=1S/C13H10F2N2S/c1-13(2,7-16)12-17-11(6-18-12)9-4-3-8(14)5-10(9)15/h3-6H,1-2H3. The molecule has 1 aromatic heterocycles. The van der Waals surface area contributed by atoms with Crippen LogP contribution in [-0.4, -0.2) is 4.98 Å². The first kappa shape index (κ1) is 12.7. The maximum atomic E-state index is 13.6. The van der Waals surface area contributed by atoms with Crippen molar-refractivity contribution < 1.29 is 8.78 Å². The second kappa shape index (κ2) is 4.46. The van der Waals surface area contributed by atoms with Crippen LogP contribution in [0.1, 0.15) is 18.9 Å². The third-order valence-electron chi connectivity index (χ3n) is 2.53. The number of nitrogens with zero attached hydrogens (tertiary/aromatic N) is 2. The Bertz CT molecular complexity index is 626. The molecule has 2 nitrogen and oxygen atoms in total. The van der Waals surface area contributed by atoms with E-state index in [1.54, 1.807) is 19.2 Å². The molecule has 2 aromatic rings. The van der Waals surface area contributed by atoms with Gasteiger partial charge in [-0.1, -0.05) is 0 Å². The third kappa shape index (κ3) is 2.24. The fourth-order valence-corrected chi connectivity index (χ4v) is 2.32. The second-order valence-electron chi connectivity index (χ2n) is 4.40. The zero-order chi connectivity index (χ0) is 13.3. The van der Waals surface area contributed by atoms with Crippen LogP contribution in [0.2, 0.25) is 0 Å². The number of rotatable bonds is 2. The van der Waals surface area contributed by atoms with E-state index in [1.807, 2.05) is 0 Å². The van der Waals surface area contributed by atoms with Gasteiger partial charge in [-0.25, -0.2) is 13.8 Å². The van der Waals surface area contributed by atoms with Crippen molar-refractivity contribution in [3.8, 4) is 17.3 Å². The average molecular weight is 264 g/mol. The van der Waals surface area contributed by atoms with Crippen LogP contribution in [0.25, 0.3) is 11.3 Å². The number of hydrogen-bond acceptors (Lipinski definition) is 3. The molecule has 0 unspecified atom stereocenters. The van der Waals surface area contributed by atoms with Crippen LogP contribution in [0.5, 0.6) is 0 Å². The number of thiazole rings is 1. The number of nitriles is 1. The molecule has 0 aliphatic rings. The highest BCUT2D eigenvalue weighted by Gasteiger charge is 2.24. The maximum Gasteiger partial charge on any atom is 0.135 e. The van der Waals surface area contributed by atoms with Crippen LogP contribution >= 0.6 is 11.3 Å². The van der Waals surface area contributed by atoms with Crippen LogP contribution in [0.15, 0.2) is 23.6 Å². The van der Waals surface area contributed by atoms with E-state index in [0.717, 1.165) is 6.07 Å². The Morgan fingerprint density at radius 3 is 2.67 bits per heavy atom. The fourth-order valence-electron chi connectivity index (χ4n) is 1.43. The summed E-state index contributed by atoms with van der Waals surface area (Å²) in [5.74, 6) is -1.27. The van der Waals surface area contributed by atoms with Gasteiger partial charge in [0.05, 0.1) is 11.8 Å². The van der Waals surface area contributed by atoms with Crippen molar-refractivity contribution >= 4 is 11.3 Å². The topological polar surface area (TPSA) is 36.7 Å². The molecule has 1 heterocycles. The Labute approximate surface area is 108 Å². The van der Waals surface area contributed by atoms with E-state index in [9.17, 15) is 8.78 Å². The maximum absolute atomic E-state index is 13.6. The van der Waals surface area contributed by atoms with E-state index in [0.29, 0.717) is 10.7 Å². The molecule has 0 atom stereocenters. The summed E-state index contributed by atoms with van der Waals surface area (Å²) in [4.78, 5) is 4.25. The quantitative estimate of drug-likeness (QED) is 0.825. The molecule has 0 N–H and O–H groups in total. The number of hydrogen-bond donors (Lipinski definition) is 0. The minimum Gasteiger partial charge on any atom is -0.239 e. The molecule has 0 spiro atoms. The van der Waals surface area contributed by atoms with Gasteiger partial charge in [-0.15, -0.1) is 11.3 Å². The summed E-state index contributed by atoms with van der Waals surface area (Å²) < 4.78 is 26.4. The highest BCUT2D eigenvalue weighted by molar-refractivity contribution is 7.10. The van der Waals surface area contributed by atoms with Crippen LogP contribution < -0.4 is 0 Å². The summed E-state index contributed by atoms with van der Waals surface area (Å²) in [6.45, 7) is 3.49. The lowest BCUT2D eigenvalue weighted by atomic mass is 9.97. The SMILES string of the molecule is CC(C)(C#N)c1nc(-c2ccc(F)cc2F)cs1. The highest BCUT2D eigenvalue weighted by Crippen LogP contribution is 2.31. The van der Waals surface area contributed by atoms with Crippen molar-refractivity contribution in [1.82, 2.24) is 4.98 Å². The Hall–Kier alpha value is -1.80. The Morgan fingerprint density at radius 1 is 1.33 bits per heavy atom. The van der Waals surface area contributed by atoms with Gasteiger partial charge in [0, 0.05) is 17.0 Å². The lowest BCUT2D eigenvalue weighted by molar-refractivity contribution is 0.585. The number of benzene rings is 1. The molecule has 18 heavy (non-hydrogen) atoms. The lowest BCUT2D eigenvalue weighted by Crippen LogP contribution is -2.13. The monoisotopic (exact) mass is 264 g/mol. The summed E-state index contributed by atoms with van der Waals surface area (Å²) in [5, 5.41) is 11.3. The van der Waals surface area contributed by atoms with E-state index >= 15 is 0 Å². The van der Waals surface area contributed by atoms with E-state index in [2.05, 4.69) is 11.1 Å². The molecule has 2 rings (SSSR count). The summed E-state index contributed by atoms with van der Waals surface area (Å²) in [6.07, 6.45) is 0. The molecular formula is C13H10F2N2S. The summed E-state index contributed by atoms with van der Waals surface area (Å²) in [6, 6.07) is 5.50. The first-order valence-electron chi connectivity index (χ1n) is 5.27. The van der Waals surface area contributed by atoms with Crippen LogP contribution in [0.4, 0.5) is 8.78 Å². The molecule has 1 aromatic carbocycles. The fraction of sp³-hybridized carbons (Fsp3) is 0.231. The van der Waals surface area contributed by atoms with Crippen molar-refractivity contribution in [3.63, 3.8) is 0 Å². The van der Waals surface area contributed by atoms with Crippen LogP contribution in [-0.2, 0) is 5.41 Å². The van der Waals surface area contributed by atoms with Gasteiger partial charge in [-0.3, -0.25) is 0 Å². The Morgan fingerprint density at radius 2 is 2.06 bits per heavy atom. The van der Waals surface area contributed by atoms with Gasteiger partial charge < -0.3 is 0 Å². The molecule has 0 aliphatic carbocycles. The van der Waals surface area contributed by atoms with Crippen molar-refractivity contribution in [2.24, 2.45) is 0 Å². The first-order valence-corrected chi connectivity index (χ1v) is 6.14. The van der Waals surface area contributed by atoms with Gasteiger partial charge in [0.15, 0.2) is 0 Å². The minimum absolute atomic E-state index is 0.243. The minimum atomic E-state index is -0.709. The molecule has 92 valence electrons. The molecule has 0 radical (unpaired) electrons. The summed E-state index contributed by atoms with van der Waals surface area (Å²) >= 11 is 1.29. The molecule has 0 aliphatic heterocycles. The van der Waals surface area contributed by atoms with Gasteiger partial charge in [-0.2, -0.15) is 5.26 Å². The van der Waals surface area contributed by atoms with E-state index in [1.165, 1.54) is 23.5 Å². The van der Waals surface area contributed by atoms with Gasteiger partial charge in [-0.05, 0) is 26.0 Å². The number of halogens is 2. The van der Waals surface area contributed by atoms with Gasteiger partial charge >= 0.3 is 0 Å². The van der Waals surface area contributed by atoms with Crippen LogP contribution in [0.3, 0.4) is 0 Å². The molecule has 0 fully saturated rings. The zero-order valence-corrected chi connectivity index (χ0v) is 10.7. The van der Waals surface area contributed by atoms with Gasteiger partial charge in [0.2, 0.25) is 0 Å². The van der Waals surface area contributed by atoms with Gasteiger partial charge in [0.1, 0.15) is 22.1 Å². The van der Waals surface area contributed by atoms with Crippen molar-refractivity contribution in [2.75, 3.05) is 0 Å². The first-order chi connectivity index (χ1) is 8.44. The zero-order valence-electron chi connectivity index (χ0n) is 9.87. The molecule has 0 bridgehead atoms. The van der Waals surface area contributed by atoms with E-state index in [-0.39, 0.29) is 5.56 Å². The molecule has 0 amide bonds. The molecule has 0 saturated carbocycles. The third-order valence-corrected chi connectivity index (χ3v) is 3.69. The average Bonchev–Trinajstić information content (AvgIpc) is 2.79. The highest BCUT2D eigenvalue weighted by atomic mass is 32.1.